The first-order valence-corrected chi connectivity index (χ1v) is 9.46. The standard InChI is InChI=1S/C23H24N2O4/c1-15(2)18-10-9-17(12-16(18)3)28-14-23(27)29-13-22(26)25-21-8-4-7-20-19(21)6-5-11-24-20/h4-12,15H,13-14H2,1-3H3,(H,25,26). The van der Waals surface area contributed by atoms with E-state index in [2.05, 4.69) is 24.1 Å². The fraction of sp³-hybridized carbons (Fsp3) is 0.261. The molecule has 6 heteroatoms. The van der Waals surface area contributed by atoms with Gasteiger partial charge in [0, 0.05) is 11.6 Å². The molecule has 0 bridgehead atoms. The van der Waals surface area contributed by atoms with Crippen molar-refractivity contribution in [2.75, 3.05) is 18.5 Å². The molecule has 0 unspecified atom stereocenters. The van der Waals surface area contributed by atoms with E-state index in [1.807, 2.05) is 37.3 Å². The number of hydrogen-bond acceptors (Lipinski definition) is 5. The zero-order valence-corrected chi connectivity index (χ0v) is 16.8. The summed E-state index contributed by atoms with van der Waals surface area (Å²) in [7, 11) is 0. The molecule has 0 fully saturated rings. The van der Waals surface area contributed by atoms with E-state index < -0.39 is 11.9 Å². The van der Waals surface area contributed by atoms with Gasteiger partial charge < -0.3 is 14.8 Å². The van der Waals surface area contributed by atoms with Crippen LogP contribution < -0.4 is 10.1 Å². The minimum Gasteiger partial charge on any atom is -0.482 e. The summed E-state index contributed by atoms with van der Waals surface area (Å²) in [6.45, 7) is 5.61. The Morgan fingerprint density at radius 1 is 1.07 bits per heavy atom. The predicted octanol–water partition coefficient (Wildman–Crippen LogP) is 4.23. The average molecular weight is 392 g/mol. The fourth-order valence-electron chi connectivity index (χ4n) is 3.11. The molecule has 0 atom stereocenters. The number of nitrogens with zero attached hydrogens (tertiary/aromatic N) is 1. The number of ether oxygens (including phenoxy) is 2. The zero-order chi connectivity index (χ0) is 20.8. The van der Waals surface area contributed by atoms with Crippen molar-refractivity contribution in [1.82, 2.24) is 4.98 Å². The van der Waals surface area contributed by atoms with Crippen LogP contribution in [-0.4, -0.2) is 30.1 Å². The summed E-state index contributed by atoms with van der Waals surface area (Å²) in [5.41, 5.74) is 3.73. The van der Waals surface area contributed by atoms with Crippen LogP contribution in [0, 0.1) is 6.92 Å². The molecule has 0 spiro atoms. The van der Waals surface area contributed by atoms with E-state index >= 15 is 0 Å². The van der Waals surface area contributed by atoms with Gasteiger partial charge in [-0.15, -0.1) is 0 Å². The number of aromatic nitrogens is 1. The molecule has 150 valence electrons. The van der Waals surface area contributed by atoms with E-state index in [-0.39, 0.29) is 13.2 Å². The lowest BCUT2D eigenvalue weighted by atomic mass is 9.98. The van der Waals surface area contributed by atoms with Gasteiger partial charge in [0.25, 0.3) is 5.91 Å². The molecule has 2 aromatic carbocycles. The molecule has 1 amide bonds. The summed E-state index contributed by atoms with van der Waals surface area (Å²) < 4.78 is 10.5. The van der Waals surface area contributed by atoms with Gasteiger partial charge in [0.05, 0.1) is 11.2 Å². The molecular weight excluding hydrogens is 368 g/mol. The molecule has 0 aliphatic rings. The number of fused-ring (bicyclic) bond motifs is 1. The van der Waals surface area contributed by atoms with Crippen LogP contribution in [0.1, 0.15) is 30.9 Å². The van der Waals surface area contributed by atoms with Crippen molar-refractivity contribution in [3.63, 3.8) is 0 Å². The summed E-state index contributed by atoms with van der Waals surface area (Å²) >= 11 is 0. The van der Waals surface area contributed by atoms with Crippen molar-refractivity contribution in [3.8, 4) is 5.75 Å². The van der Waals surface area contributed by atoms with E-state index in [1.165, 1.54) is 5.56 Å². The second-order valence-electron chi connectivity index (χ2n) is 7.05. The maximum Gasteiger partial charge on any atom is 0.344 e. The number of pyridine rings is 1. The molecule has 0 aliphatic heterocycles. The molecule has 1 N–H and O–H groups in total. The predicted molar refractivity (Wildman–Crippen MR) is 112 cm³/mol. The summed E-state index contributed by atoms with van der Waals surface area (Å²) in [4.78, 5) is 28.3. The minimum atomic E-state index is -0.606. The zero-order valence-electron chi connectivity index (χ0n) is 16.8. The molecule has 1 heterocycles. The van der Waals surface area contributed by atoms with Gasteiger partial charge >= 0.3 is 5.97 Å². The first-order chi connectivity index (χ1) is 13.9. The number of hydrogen-bond donors (Lipinski definition) is 1. The van der Waals surface area contributed by atoms with Crippen molar-refractivity contribution in [1.29, 1.82) is 0 Å². The lowest BCUT2D eigenvalue weighted by Crippen LogP contribution is -2.23. The monoisotopic (exact) mass is 392 g/mol. The van der Waals surface area contributed by atoms with Crippen LogP contribution in [0.2, 0.25) is 0 Å². The summed E-state index contributed by atoms with van der Waals surface area (Å²) in [5.74, 6) is -0.0150. The lowest BCUT2D eigenvalue weighted by molar-refractivity contribution is -0.149. The highest BCUT2D eigenvalue weighted by Crippen LogP contribution is 2.23. The van der Waals surface area contributed by atoms with Crippen LogP contribution in [0.25, 0.3) is 10.9 Å². The molecule has 1 aromatic heterocycles. The third-order valence-electron chi connectivity index (χ3n) is 4.50. The topological polar surface area (TPSA) is 77.5 Å². The molecule has 3 aromatic rings. The minimum absolute atomic E-state index is 0.258. The lowest BCUT2D eigenvalue weighted by Gasteiger charge is -2.12. The van der Waals surface area contributed by atoms with Crippen LogP contribution in [-0.2, 0) is 14.3 Å². The number of amides is 1. The van der Waals surface area contributed by atoms with Crippen molar-refractivity contribution >= 4 is 28.5 Å². The smallest absolute Gasteiger partial charge is 0.344 e. The Bertz CT molecular complexity index is 1030. The SMILES string of the molecule is Cc1cc(OCC(=O)OCC(=O)Nc2cccc3ncccc23)ccc1C(C)C. The molecule has 0 saturated carbocycles. The van der Waals surface area contributed by atoms with E-state index in [1.54, 1.807) is 24.4 Å². The van der Waals surface area contributed by atoms with Gasteiger partial charge in [-0.05, 0) is 60.4 Å². The summed E-state index contributed by atoms with van der Waals surface area (Å²) in [6, 6.07) is 14.8. The second kappa shape index (κ2) is 9.19. The first-order valence-electron chi connectivity index (χ1n) is 9.46. The number of rotatable bonds is 7. The van der Waals surface area contributed by atoms with Crippen molar-refractivity contribution in [2.45, 2.75) is 26.7 Å². The molecule has 0 aliphatic carbocycles. The Labute approximate surface area is 169 Å². The molecule has 0 saturated heterocycles. The normalized spacial score (nSPS) is 10.8. The molecular formula is C23H24N2O4. The number of aryl methyl sites for hydroxylation is 1. The Morgan fingerprint density at radius 3 is 2.66 bits per heavy atom. The highest BCUT2D eigenvalue weighted by Gasteiger charge is 2.11. The van der Waals surface area contributed by atoms with Gasteiger partial charge in [-0.25, -0.2) is 4.79 Å². The number of carbonyl (C=O) groups excluding carboxylic acids is 2. The quantitative estimate of drug-likeness (QED) is 0.609. The van der Waals surface area contributed by atoms with Crippen LogP contribution >= 0.6 is 0 Å². The van der Waals surface area contributed by atoms with Crippen molar-refractivity contribution in [3.05, 3.63) is 65.9 Å². The number of carbonyl (C=O) groups is 2. The van der Waals surface area contributed by atoms with Gasteiger partial charge in [-0.2, -0.15) is 0 Å². The highest BCUT2D eigenvalue weighted by molar-refractivity contribution is 6.01. The van der Waals surface area contributed by atoms with Gasteiger partial charge in [0.1, 0.15) is 5.75 Å². The maximum atomic E-state index is 12.1. The number of anilines is 1. The Hall–Kier alpha value is -3.41. The van der Waals surface area contributed by atoms with Crippen LogP contribution in [0.4, 0.5) is 5.69 Å². The number of benzene rings is 2. The van der Waals surface area contributed by atoms with E-state index in [9.17, 15) is 9.59 Å². The van der Waals surface area contributed by atoms with Gasteiger partial charge in [0.2, 0.25) is 0 Å². The fourth-order valence-corrected chi connectivity index (χ4v) is 3.11. The van der Waals surface area contributed by atoms with Gasteiger partial charge in [0.15, 0.2) is 13.2 Å². The molecule has 6 nitrogen and oxygen atoms in total. The Balaban J connectivity index is 1.49. The summed E-state index contributed by atoms with van der Waals surface area (Å²) in [5, 5.41) is 3.56. The van der Waals surface area contributed by atoms with E-state index in [0.29, 0.717) is 17.4 Å². The highest BCUT2D eigenvalue weighted by atomic mass is 16.6. The van der Waals surface area contributed by atoms with Crippen LogP contribution in [0.3, 0.4) is 0 Å². The molecule has 3 rings (SSSR count). The summed E-state index contributed by atoms with van der Waals surface area (Å²) in [6.07, 6.45) is 1.69. The van der Waals surface area contributed by atoms with Gasteiger partial charge in [-0.3, -0.25) is 9.78 Å². The van der Waals surface area contributed by atoms with Crippen LogP contribution in [0.5, 0.6) is 5.75 Å². The second-order valence-corrected chi connectivity index (χ2v) is 7.05. The molecule has 0 radical (unpaired) electrons. The van der Waals surface area contributed by atoms with Crippen molar-refractivity contribution in [2.24, 2.45) is 0 Å². The molecule has 29 heavy (non-hydrogen) atoms. The third-order valence-corrected chi connectivity index (χ3v) is 4.50. The third kappa shape index (κ3) is 5.31. The van der Waals surface area contributed by atoms with Gasteiger partial charge in [-0.1, -0.05) is 26.0 Å². The first kappa shape index (κ1) is 20.3. The Morgan fingerprint density at radius 2 is 1.90 bits per heavy atom. The average Bonchev–Trinajstić information content (AvgIpc) is 2.71. The maximum absolute atomic E-state index is 12.1. The van der Waals surface area contributed by atoms with E-state index in [4.69, 9.17) is 9.47 Å². The number of nitrogens with one attached hydrogen (secondary N) is 1. The largest absolute Gasteiger partial charge is 0.482 e. The number of esters is 1. The van der Waals surface area contributed by atoms with Crippen LogP contribution in [0.15, 0.2) is 54.7 Å². The Kier molecular flexibility index (Phi) is 6.44. The van der Waals surface area contributed by atoms with Crippen molar-refractivity contribution < 1.29 is 19.1 Å². The van der Waals surface area contributed by atoms with E-state index in [0.717, 1.165) is 16.5 Å².